The lowest BCUT2D eigenvalue weighted by Gasteiger charge is -2.12. The highest BCUT2D eigenvalue weighted by Gasteiger charge is 2.06. The summed E-state index contributed by atoms with van der Waals surface area (Å²) in [6.07, 6.45) is 0. The zero-order chi connectivity index (χ0) is 24.7. The summed E-state index contributed by atoms with van der Waals surface area (Å²) < 4.78 is 23.7. The molecule has 0 unspecified atom stereocenters. The Morgan fingerprint density at radius 3 is 1.08 bits per heavy atom. The Labute approximate surface area is 209 Å². The molecule has 0 spiro atoms. The van der Waals surface area contributed by atoms with Crippen molar-refractivity contribution in [2.24, 2.45) is 0 Å². The van der Waals surface area contributed by atoms with E-state index in [1.54, 1.807) is 12.1 Å². The fraction of sp³-hybridized carbons (Fsp3) is 0. The van der Waals surface area contributed by atoms with Crippen molar-refractivity contribution >= 4 is 11.4 Å². The Kier molecular flexibility index (Phi) is 6.58. The van der Waals surface area contributed by atoms with Gasteiger partial charge >= 0.3 is 0 Å². The Bertz CT molecular complexity index is 1360. The normalized spacial score (nSPS) is 10.4. The molecule has 0 saturated heterocycles. The number of hydrogen-bond donors (Lipinski definition) is 2. The van der Waals surface area contributed by atoms with Crippen molar-refractivity contribution in [3.05, 3.63) is 121 Å². The molecule has 0 aliphatic rings. The molecule has 0 saturated carbocycles. The maximum Gasteiger partial charge on any atom is 0.150 e. The van der Waals surface area contributed by atoms with Crippen molar-refractivity contribution in [1.82, 2.24) is 0 Å². The first-order valence-corrected chi connectivity index (χ1v) is 11.3. The number of nitrogens with two attached hydrogens (primary N) is 2. The second-order valence-corrected chi connectivity index (χ2v) is 7.91. The minimum Gasteiger partial charge on any atom is -0.457 e. The molecule has 0 atom stereocenters. The zero-order valence-corrected chi connectivity index (χ0v) is 19.3. The first-order chi connectivity index (χ1) is 17.6. The Balaban J connectivity index is 1.23. The lowest BCUT2D eigenvalue weighted by Crippen LogP contribution is -1.92. The average Bonchev–Trinajstić information content (AvgIpc) is 2.89. The third-order valence-electron chi connectivity index (χ3n) is 5.20. The highest BCUT2D eigenvalue weighted by atomic mass is 16.5. The van der Waals surface area contributed by atoms with E-state index >= 15 is 0 Å². The third-order valence-corrected chi connectivity index (χ3v) is 5.20. The van der Waals surface area contributed by atoms with Gasteiger partial charge in [-0.15, -0.1) is 0 Å². The summed E-state index contributed by atoms with van der Waals surface area (Å²) in [6.45, 7) is 0. The van der Waals surface area contributed by atoms with Crippen LogP contribution in [-0.2, 0) is 0 Å². The Morgan fingerprint density at radius 2 is 0.694 bits per heavy atom. The third kappa shape index (κ3) is 5.69. The number of ether oxygens (including phenoxy) is 4. The van der Waals surface area contributed by atoms with Crippen molar-refractivity contribution in [1.29, 1.82) is 0 Å². The second kappa shape index (κ2) is 10.4. The van der Waals surface area contributed by atoms with Crippen LogP contribution in [0, 0.1) is 0 Å². The summed E-state index contributed by atoms with van der Waals surface area (Å²) in [5, 5.41) is 0. The minimum atomic E-state index is 0.570. The molecule has 5 rings (SSSR count). The molecule has 0 heterocycles. The molecule has 0 aromatic heterocycles. The number of rotatable bonds is 8. The van der Waals surface area contributed by atoms with E-state index < -0.39 is 0 Å². The van der Waals surface area contributed by atoms with Gasteiger partial charge in [0.05, 0.1) is 11.4 Å². The maximum absolute atomic E-state index is 5.99. The molecule has 0 aliphatic heterocycles. The minimum absolute atomic E-state index is 0.570. The fourth-order valence-electron chi connectivity index (χ4n) is 3.45. The molecule has 6 heteroatoms. The Morgan fingerprint density at radius 1 is 0.333 bits per heavy atom. The van der Waals surface area contributed by atoms with Crippen LogP contribution in [-0.4, -0.2) is 0 Å². The highest BCUT2D eigenvalue weighted by Crippen LogP contribution is 2.33. The van der Waals surface area contributed by atoms with Crippen LogP contribution in [0.5, 0.6) is 46.0 Å². The molecule has 4 N–H and O–H groups in total. The van der Waals surface area contributed by atoms with Gasteiger partial charge in [0.15, 0.2) is 0 Å². The quantitative estimate of drug-likeness (QED) is 0.220. The highest BCUT2D eigenvalue weighted by molar-refractivity contribution is 5.55. The molecule has 5 aromatic carbocycles. The molecule has 36 heavy (non-hydrogen) atoms. The van der Waals surface area contributed by atoms with Gasteiger partial charge in [0.2, 0.25) is 0 Å². The number of nitrogen functional groups attached to an aromatic ring is 2. The first kappa shape index (κ1) is 22.7. The van der Waals surface area contributed by atoms with Crippen LogP contribution in [0.4, 0.5) is 11.4 Å². The van der Waals surface area contributed by atoms with Gasteiger partial charge in [0, 0.05) is 12.1 Å². The number of benzene rings is 5. The average molecular weight is 477 g/mol. The van der Waals surface area contributed by atoms with Gasteiger partial charge in [-0.05, 0) is 72.8 Å². The molecular weight excluding hydrogens is 452 g/mol. The van der Waals surface area contributed by atoms with Gasteiger partial charge in [-0.2, -0.15) is 0 Å². The fourth-order valence-corrected chi connectivity index (χ4v) is 3.45. The summed E-state index contributed by atoms with van der Waals surface area (Å²) in [6, 6.07) is 36.8. The van der Waals surface area contributed by atoms with Crippen LogP contribution >= 0.6 is 0 Å². The molecule has 0 fully saturated rings. The monoisotopic (exact) mass is 476 g/mol. The largest absolute Gasteiger partial charge is 0.457 e. The van der Waals surface area contributed by atoms with Crippen LogP contribution < -0.4 is 30.4 Å². The van der Waals surface area contributed by atoms with Crippen molar-refractivity contribution < 1.29 is 18.9 Å². The first-order valence-electron chi connectivity index (χ1n) is 11.3. The maximum atomic E-state index is 5.99. The van der Waals surface area contributed by atoms with E-state index in [0.717, 1.165) is 0 Å². The summed E-state index contributed by atoms with van der Waals surface area (Å²) in [4.78, 5) is 0. The van der Waals surface area contributed by atoms with Gasteiger partial charge in [-0.3, -0.25) is 0 Å². The lowest BCUT2D eigenvalue weighted by atomic mass is 10.3. The molecule has 0 aliphatic carbocycles. The molecule has 0 radical (unpaired) electrons. The van der Waals surface area contributed by atoms with Crippen LogP contribution in [0.25, 0.3) is 0 Å². The van der Waals surface area contributed by atoms with E-state index in [2.05, 4.69) is 0 Å². The van der Waals surface area contributed by atoms with E-state index in [0.29, 0.717) is 57.4 Å². The van der Waals surface area contributed by atoms with E-state index in [1.807, 2.05) is 109 Å². The van der Waals surface area contributed by atoms with Crippen molar-refractivity contribution in [3.8, 4) is 46.0 Å². The van der Waals surface area contributed by atoms with Crippen LogP contribution in [0.1, 0.15) is 0 Å². The second-order valence-electron chi connectivity index (χ2n) is 7.91. The predicted molar refractivity (Wildman–Crippen MR) is 141 cm³/mol. The van der Waals surface area contributed by atoms with Gasteiger partial charge < -0.3 is 30.4 Å². The van der Waals surface area contributed by atoms with Gasteiger partial charge in [0.25, 0.3) is 0 Å². The zero-order valence-electron chi connectivity index (χ0n) is 19.3. The van der Waals surface area contributed by atoms with Crippen LogP contribution in [0.15, 0.2) is 121 Å². The summed E-state index contributed by atoms with van der Waals surface area (Å²) in [7, 11) is 0. The van der Waals surface area contributed by atoms with E-state index in [-0.39, 0.29) is 0 Å². The summed E-state index contributed by atoms with van der Waals surface area (Å²) in [5.41, 5.74) is 13.1. The molecular formula is C30H24N2O4. The molecule has 0 bridgehead atoms. The van der Waals surface area contributed by atoms with Crippen molar-refractivity contribution in [2.75, 3.05) is 11.5 Å². The van der Waals surface area contributed by atoms with Crippen molar-refractivity contribution in [2.45, 2.75) is 0 Å². The van der Waals surface area contributed by atoms with E-state index in [9.17, 15) is 0 Å². The molecule has 5 aromatic rings. The van der Waals surface area contributed by atoms with Gasteiger partial charge in [-0.1, -0.05) is 36.4 Å². The van der Waals surface area contributed by atoms with E-state index in [4.69, 9.17) is 30.4 Å². The Hall–Kier alpha value is -5.10. The topological polar surface area (TPSA) is 89.0 Å². The summed E-state index contributed by atoms with van der Waals surface area (Å²) in [5.74, 6) is 5.05. The standard InChI is InChI=1S/C30H24N2O4/c31-27-11-1-3-13-29(27)35-25-9-5-7-23(19-25)33-21-15-17-22(18-16-21)34-24-8-6-10-26(20-24)36-30-14-4-2-12-28(30)32/h1-20H,31-32H2. The smallest absolute Gasteiger partial charge is 0.150 e. The predicted octanol–water partition coefficient (Wildman–Crippen LogP) is 8.02. The lowest BCUT2D eigenvalue weighted by molar-refractivity contribution is 0.453. The molecule has 178 valence electrons. The van der Waals surface area contributed by atoms with E-state index in [1.165, 1.54) is 0 Å². The molecule has 6 nitrogen and oxygen atoms in total. The molecule has 0 amide bonds. The van der Waals surface area contributed by atoms with Gasteiger partial charge in [0.1, 0.15) is 46.0 Å². The number of para-hydroxylation sites is 4. The van der Waals surface area contributed by atoms with Crippen LogP contribution in [0.3, 0.4) is 0 Å². The van der Waals surface area contributed by atoms with Gasteiger partial charge in [-0.25, -0.2) is 0 Å². The number of anilines is 2. The van der Waals surface area contributed by atoms with Crippen LogP contribution in [0.2, 0.25) is 0 Å². The SMILES string of the molecule is Nc1ccccc1Oc1cccc(Oc2ccc(Oc3cccc(Oc4ccccc4N)c3)cc2)c1. The summed E-state index contributed by atoms with van der Waals surface area (Å²) >= 11 is 0. The number of hydrogen-bond acceptors (Lipinski definition) is 6. The van der Waals surface area contributed by atoms with Crippen molar-refractivity contribution in [3.63, 3.8) is 0 Å².